The van der Waals surface area contributed by atoms with Crippen molar-refractivity contribution >= 4 is 5.91 Å². The molecule has 23 heavy (non-hydrogen) atoms. The number of nitrogens with zero attached hydrogens (tertiary/aromatic N) is 1. The molecule has 0 aromatic heterocycles. The zero-order valence-electron chi connectivity index (χ0n) is 13.8. The van der Waals surface area contributed by atoms with Crippen LogP contribution in [0.1, 0.15) is 22.3 Å². The number of ether oxygens (including phenoxy) is 1. The Labute approximate surface area is 138 Å². The van der Waals surface area contributed by atoms with Crippen molar-refractivity contribution < 1.29 is 9.53 Å². The van der Waals surface area contributed by atoms with E-state index in [9.17, 15) is 4.79 Å². The molecule has 0 saturated carbocycles. The number of benzene rings is 2. The van der Waals surface area contributed by atoms with E-state index >= 15 is 0 Å². The van der Waals surface area contributed by atoms with Gasteiger partial charge in [0.2, 0.25) is 0 Å². The second-order valence-electron chi connectivity index (χ2n) is 5.53. The third-order valence-corrected chi connectivity index (χ3v) is 3.65. The van der Waals surface area contributed by atoms with Gasteiger partial charge >= 0.3 is 0 Å². The van der Waals surface area contributed by atoms with Crippen LogP contribution in [0.25, 0.3) is 0 Å². The molecule has 0 aliphatic carbocycles. The van der Waals surface area contributed by atoms with Crippen LogP contribution in [0.2, 0.25) is 0 Å². The Morgan fingerprint density at radius 3 is 2.52 bits per heavy atom. The number of amides is 1. The molecular formula is C19H24N2O2. The molecule has 2 aromatic rings. The molecule has 0 spiro atoms. The van der Waals surface area contributed by atoms with Crippen molar-refractivity contribution in [2.45, 2.75) is 13.0 Å². The molecule has 0 bridgehead atoms. The fourth-order valence-corrected chi connectivity index (χ4v) is 2.45. The van der Waals surface area contributed by atoms with Gasteiger partial charge in [-0.05, 0) is 37.7 Å². The van der Waals surface area contributed by atoms with Crippen LogP contribution in [0.3, 0.4) is 0 Å². The minimum atomic E-state index is -0.0897. The van der Waals surface area contributed by atoms with Crippen molar-refractivity contribution in [3.63, 3.8) is 0 Å². The van der Waals surface area contributed by atoms with Crippen molar-refractivity contribution in [1.29, 1.82) is 0 Å². The fraction of sp³-hybridized carbons (Fsp3) is 0.316. The summed E-state index contributed by atoms with van der Waals surface area (Å²) in [5, 5.41) is 2.95. The highest BCUT2D eigenvalue weighted by Crippen LogP contribution is 2.16. The third-order valence-electron chi connectivity index (χ3n) is 3.65. The molecule has 1 amide bonds. The summed E-state index contributed by atoms with van der Waals surface area (Å²) < 4.78 is 5.21. The van der Waals surface area contributed by atoms with E-state index in [4.69, 9.17) is 4.74 Å². The monoisotopic (exact) mass is 312 g/mol. The first-order valence-electron chi connectivity index (χ1n) is 7.84. The second-order valence-corrected chi connectivity index (χ2v) is 5.53. The summed E-state index contributed by atoms with van der Waals surface area (Å²) >= 11 is 0. The molecule has 0 fully saturated rings. The van der Waals surface area contributed by atoms with Gasteiger partial charge in [0.25, 0.3) is 5.91 Å². The molecule has 2 rings (SSSR count). The average Bonchev–Trinajstić information content (AvgIpc) is 2.59. The maximum absolute atomic E-state index is 12.2. The van der Waals surface area contributed by atoms with E-state index in [0.29, 0.717) is 17.9 Å². The zero-order chi connectivity index (χ0) is 16.5. The van der Waals surface area contributed by atoms with Gasteiger partial charge in [-0.15, -0.1) is 0 Å². The highest BCUT2D eigenvalue weighted by Gasteiger charge is 2.10. The lowest BCUT2D eigenvalue weighted by atomic mass is 10.2. The minimum Gasteiger partial charge on any atom is -0.496 e. The lowest BCUT2D eigenvalue weighted by Crippen LogP contribution is -2.28. The van der Waals surface area contributed by atoms with E-state index in [2.05, 4.69) is 41.5 Å². The minimum absolute atomic E-state index is 0.0897. The van der Waals surface area contributed by atoms with Crippen LogP contribution in [0.5, 0.6) is 5.75 Å². The van der Waals surface area contributed by atoms with Gasteiger partial charge in [-0.25, -0.2) is 0 Å². The lowest BCUT2D eigenvalue weighted by Gasteiger charge is -2.17. The normalized spacial score (nSPS) is 10.6. The fourth-order valence-electron chi connectivity index (χ4n) is 2.45. The van der Waals surface area contributed by atoms with E-state index in [1.165, 1.54) is 5.56 Å². The first-order chi connectivity index (χ1) is 11.2. The van der Waals surface area contributed by atoms with E-state index in [1.807, 2.05) is 18.2 Å². The number of methoxy groups -OCH3 is 1. The lowest BCUT2D eigenvalue weighted by molar-refractivity contribution is 0.0949. The number of para-hydroxylation sites is 1. The maximum Gasteiger partial charge on any atom is 0.255 e. The van der Waals surface area contributed by atoms with E-state index in [0.717, 1.165) is 19.5 Å². The number of hydrogen-bond acceptors (Lipinski definition) is 3. The van der Waals surface area contributed by atoms with Crippen molar-refractivity contribution in [2.24, 2.45) is 0 Å². The Balaban J connectivity index is 1.71. The number of carbonyl (C=O) groups is 1. The molecule has 4 heteroatoms. The average molecular weight is 312 g/mol. The van der Waals surface area contributed by atoms with Gasteiger partial charge in [0.15, 0.2) is 0 Å². The summed E-state index contributed by atoms with van der Waals surface area (Å²) in [7, 11) is 3.67. The molecule has 1 N–H and O–H groups in total. The highest BCUT2D eigenvalue weighted by atomic mass is 16.5. The molecule has 0 unspecified atom stereocenters. The summed E-state index contributed by atoms with van der Waals surface area (Å²) in [5.74, 6) is 0.513. The summed E-state index contributed by atoms with van der Waals surface area (Å²) in [6, 6.07) is 17.6. The maximum atomic E-state index is 12.2. The Morgan fingerprint density at radius 1 is 1.09 bits per heavy atom. The van der Waals surface area contributed by atoms with Crippen LogP contribution in [0, 0.1) is 0 Å². The van der Waals surface area contributed by atoms with Gasteiger partial charge in [-0.2, -0.15) is 0 Å². The smallest absolute Gasteiger partial charge is 0.255 e. The number of rotatable bonds is 8. The SMILES string of the molecule is COc1ccccc1C(=O)NCCCN(C)Cc1ccccc1. The summed E-state index contributed by atoms with van der Waals surface area (Å²) in [6.07, 6.45) is 0.907. The summed E-state index contributed by atoms with van der Waals surface area (Å²) in [5.41, 5.74) is 1.88. The number of carbonyl (C=O) groups excluding carboxylic acids is 1. The Kier molecular flexibility index (Phi) is 6.63. The Bertz CT molecular complexity index is 614. The second kappa shape index (κ2) is 8.96. The largest absolute Gasteiger partial charge is 0.496 e. The van der Waals surface area contributed by atoms with Crippen LogP contribution in [0.15, 0.2) is 54.6 Å². The number of nitrogens with one attached hydrogen (secondary N) is 1. The van der Waals surface area contributed by atoms with Crippen molar-refractivity contribution in [3.05, 3.63) is 65.7 Å². The standard InChI is InChI=1S/C19H24N2O2/c1-21(15-16-9-4-3-5-10-16)14-8-13-20-19(22)17-11-6-7-12-18(17)23-2/h3-7,9-12H,8,13-15H2,1-2H3,(H,20,22). The summed E-state index contributed by atoms with van der Waals surface area (Å²) in [6.45, 7) is 2.50. The van der Waals surface area contributed by atoms with Gasteiger partial charge in [-0.1, -0.05) is 42.5 Å². The van der Waals surface area contributed by atoms with Gasteiger partial charge in [0, 0.05) is 13.1 Å². The van der Waals surface area contributed by atoms with Crippen molar-refractivity contribution in [1.82, 2.24) is 10.2 Å². The van der Waals surface area contributed by atoms with Crippen LogP contribution >= 0.6 is 0 Å². The quantitative estimate of drug-likeness (QED) is 0.762. The number of hydrogen-bond donors (Lipinski definition) is 1. The first-order valence-corrected chi connectivity index (χ1v) is 7.84. The molecule has 4 nitrogen and oxygen atoms in total. The molecular weight excluding hydrogens is 288 g/mol. The Morgan fingerprint density at radius 2 is 1.78 bits per heavy atom. The van der Waals surface area contributed by atoms with Crippen LogP contribution < -0.4 is 10.1 Å². The molecule has 0 aliphatic rings. The Hall–Kier alpha value is -2.33. The molecule has 2 aromatic carbocycles. The molecule has 0 aliphatic heterocycles. The van der Waals surface area contributed by atoms with Gasteiger partial charge in [-0.3, -0.25) is 4.79 Å². The molecule has 122 valence electrons. The van der Waals surface area contributed by atoms with Gasteiger partial charge in [0.1, 0.15) is 5.75 Å². The predicted octanol–water partition coefficient (Wildman–Crippen LogP) is 2.95. The third kappa shape index (κ3) is 5.42. The summed E-state index contributed by atoms with van der Waals surface area (Å²) in [4.78, 5) is 14.4. The highest BCUT2D eigenvalue weighted by molar-refractivity contribution is 5.96. The van der Waals surface area contributed by atoms with Gasteiger partial charge < -0.3 is 15.0 Å². The molecule has 0 heterocycles. The van der Waals surface area contributed by atoms with E-state index in [-0.39, 0.29) is 5.91 Å². The van der Waals surface area contributed by atoms with Crippen LogP contribution in [-0.4, -0.2) is 38.1 Å². The first kappa shape index (κ1) is 17.0. The predicted molar refractivity (Wildman–Crippen MR) is 92.7 cm³/mol. The van der Waals surface area contributed by atoms with Gasteiger partial charge in [0.05, 0.1) is 12.7 Å². The van der Waals surface area contributed by atoms with E-state index in [1.54, 1.807) is 19.2 Å². The van der Waals surface area contributed by atoms with E-state index < -0.39 is 0 Å². The molecule has 0 radical (unpaired) electrons. The van der Waals surface area contributed by atoms with Crippen molar-refractivity contribution in [2.75, 3.05) is 27.2 Å². The van der Waals surface area contributed by atoms with Crippen LogP contribution in [0.4, 0.5) is 0 Å². The molecule has 0 saturated heterocycles. The van der Waals surface area contributed by atoms with Crippen LogP contribution in [-0.2, 0) is 6.54 Å². The topological polar surface area (TPSA) is 41.6 Å². The van der Waals surface area contributed by atoms with Crippen molar-refractivity contribution in [3.8, 4) is 5.75 Å². The zero-order valence-corrected chi connectivity index (χ0v) is 13.8. The molecule has 0 atom stereocenters.